The van der Waals surface area contributed by atoms with Crippen LogP contribution in [0.2, 0.25) is 5.02 Å². The molecule has 0 aliphatic heterocycles. The molecule has 7 nitrogen and oxygen atoms in total. The fraction of sp³-hybridized carbons (Fsp3) is 0.211. The van der Waals surface area contributed by atoms with E-state index < -0.39 is 29.6 Å². The molecule has 0 spiro atoms. The summed E-state index contributed by atoms with van der Waals surface area (Å²) in [5.74, 6) is -2.52. The van der Waals surface area contributed by atoms with Crippen LogP contribution in [0.25, 0.3) is 0 Å². The SMILES string of the molecule is COC(=O)[C@@H](C)NC(=O)c1cc(F)cc(NC(=O)c2cccc(Cl)c2OC)c1. The Kier molecular flexibility index (Phi) is 6.94. The lowest BCUT2D eigenvalue weighted by Gasteiger charge is -2.13. The summed E-state index contributed by atoms with van der Waals surface area (Å²) in [5.41, 5.74) is 0.108. The molecule has 2 aromatic carbocycles. The summed E-state index contributed by atoms with van der Waals surface area (Å²) < 4.78 is 23.6. The number of hydrogen-bond donors (Lipinski definition) is 2. The molecule has 0 aliphatic rings. The van der Waals surface area contributed by atoms with Gasteiger partial charge in [0.15, 0.2) is 0 Å². The maximum atomic E-state index is 13.9. The monoisotopic (exact) mass is 408 g/mol. The van der Waals surface area contributed by atoms with Gasteiger partial charge in [0.05, 0.1) is 24.8 Å². The third-order valence-corrected chi connectivity index (χ3v) is 4.03. The first-order chi connectivity index (χ1) is 13.3. The molecule has 28 heavy (non-hydrogen) atoms. The smallest absolute Gasteiger partial charge is 0.328 e. The molecule has 1 atom stereocenters. The number of halogens is 2. The predicted octanol–water partition coefficient (Wildman–Crippen LogP) is 3.03. The number of carbonyl (C=O) groups excluding carboxylic acids is 3. The van der Waals surface area contributed by atoms with Gasteiger partial charge in [0.2, 0.25) is 0 Å². The van der Waals surface area contributed by atoms with Crippen LogP contribution in [0, 0.1) is 5.82 Å². The van der Waals surface area contributed by atoms with Gasteiger partial charge in [-0.2, -0.15) is 0 Å². The van der Waals surface area contributed by atoms with Crippen LogP contribution in [-0.2, 0) is 9.53 Å². The van der Waals surface area contributed by atoms with Gasteiger partial charge < -0.3 is 20.1 Å². The van der Waals surface area contributed by atoms with Crippen molar-refractivity contribution in [1.29, 1.82) is 0 Å². The number of hydrogen-bond acceptors (Lipinski definition) is 5. The van der Waals surface area contributed by atoms with Crippen molar-refractivity contribution in [3.8, 4) is 5.75 Å². The van der Waals surface area contributed by atoms with E-state index in [1.54, 1.807) is 12.1 Å². The molecule has 148 valence electrons. The topological polar surface area (TPSA) is 93.7 Å². The van der Waals surface area contributed by atoms with E-state index in [4.69, 9.17) is 16.3 Å². The van der Waals surface area contributed by atoms with E-state index in [1.807, 2.05) is 0 Å². The molecule has 0 heterocycles. The lowest BCUT2D eigenvalue weighted by atomic mass is 10.1. The number of esters is 1. The Morgan fingerprint density at radius 1 is 1.11 bits per heavy atom. The quantitative estimate of drug-likeness (QED) is 0.716. The van der Waals surface area contributed by atoms with E-state index in [2.05, 4.69) is 15.4 Å². The van der Waals surface area contributed by atoms with Crippen LogP contribution in [0.4, 0.5) is 10.1 Å². The summed E-state index contributed by atoms with van der Waals surface area (Å²) >= 11 is 6.00. The Morgan fingerprint density at radius 2 is 1.82 bits per heavy atom. The highest BCUT2D eigenvalue weighted by molar-refractivity contribution is 6.32. The number of carbonyl (C=O) groups is 3. The Bertz CT molecular complexity index is 919. The van der Waals surface area contributed by atoms with Crippen molar-refractivity contribution in [2.24, 2.45) is 0 Å². The van der Waals surface area contributed by atoms with Gasteiger partial charge in [0.1, 0.15) is 17.6 Å². The van der Waals surface area contributed by atoms with Crippen LogP contribution in [-0.4, -0.2) is 38.0 Å². The summed E-state index contributed by atoms with van der Waals surface area (Å²) in [6, 6.07) is 7.00. The number of nitrogens with one attached hydrogen (secondary N) is 2. The summed E-state index contributed by atoms with van der Waals surface area (Å²) in [6.45, 7) is 1.43. The summed E-state index contributed by atoms with van der Waals surface area (Å²) in [6.07, 6.45) is 0. The minimum Gasteiger partial charge on any atom is -0.494 e. The average molecular weight is 409 g/mol. The highest BCUT2D eigenvalue weighted by Gasteiger charge is 2.19. The number of benzene rings is 2. The normalized spacial score (nSPS) is 11.3. The van der Waals surface area contributed by atoms with Crippen LogP contribution in [0.3, 0.4) is 0 Å². The molecule has 2 N–H and O–H groups in total. The van der Waals surface area contributed by atoms with E-state index in [0.29, 0.717) is 0 Å². The minimum atomic E-state index is -0.922. The summed E-state index contributed by atoms with van der Waals surface area (Å²) in [7, 11) is 2.55. The summed E-state index contributed by atoms with van der Waals surface area (Å²) in [5, 5.41) is 5.12. The molecular formula is C19H18ClFN2O5. The molecule has 0 bridgehead atoms. The maximum Gasteiger partial charge on any atom is 0.328 e. The van der Waals surface area contributed by atoms with Gasteiger partial charge >= 0.3 is 5.97 Å². The highest BCUT2D eigenvalue weighted by atomic mass is 35.5. The van der Waals surface area contributed by atoms with Crippen molar-refractivity contribution in [1.82, 2.24) is 5.32 Å². The molecule has 2 rings (SSSR count). The molecule has 0 fully saturated rings. The first-order valence-electron chi connectivity index (χ1n) is 8.10. The van der Waals surface area contributed by atoms with Crippen molar-refractivity contribution >= 4 is 35.1 Å². The number of rotatable bonds is 6. The van der Waals surface area contributed by atoms with Crippen LogP contribution in [0.15, 0.2) is 36.4 Å². The van der Waals surface area contributed by atoms with Crippen molar-refractivity contribution in [2.45, 2.75) is 13.0 Å². The zero-order valence-electron chi connectivity index (χ0n) is 15.3. The molecule has 0 aliphatic carbocycles. The molecular weight excluding hydrogens is 391 g/mol. The first-order valence-corrected chi connectivity index (χ1v) is 8.47. The van der Waals surface area contributed by atoms with E-state index >= 15 is 0 Å². The zero-order valence-corrected chi connectivity index (χ0v) is 16.1. The number of para-hydroxylation sites is 1. The van der Waals surface area contributed by atoms with Gasteiger partial charge in [-0.3, -0.25) is 9.59 Å². The third kappa shape index (κ3) is 4.98. The van der Waals surface area contributed by atoms with Gasteiger partial charge in [-0.15, -0.1) is 0 Å². The van der Waals surface area contributed by atoms with Crippen LogP contribution < -0.4 is 15.4 Å². The number of amides is 2. The number of methoxy groups -OCH3 is 2. The van der Waals surface area contributed by atoms with Gasteiger partial charge in [-0.25, -0.2) is 9.18 Å². The molecule has 0 saturated carbocycles. The Labute approximate surface area is 165 Å². The molecule has 2 amide bonds. The van der Waals surface area contributed by atoms with Gasteiger partial charge in [0, 0.05) is 11.3 Å². The lowest BCUT2D eigenvalue weighted by molar-refractivity contribution is -0.142. The molecule has 0 aromatic heterocycles. The second-order valence-corrected chi connectivity index (χ2v) is 6.13. The van der Waals surface area contributed by atoms with Crippen molar-refractivity contribution < 1.29 is 28.2 Å². The van der Waals surface area contributed by atoms with Gasteiger partial charge in [-0.05, 0) is 37.3 Å². The second kappa shape index (κ2) is 9.18. The van der Waals surface area contributed by atoms with Crippen LogP contribution in [0.1, 0.15) is 27.6 Å². The summed E-state index contributed by atoms with van der Waals surface area (Å²) in [4.78, 5) is 36.2. The van der Waals surface area contributed by atoms with Gasteiger partial charge in [0.25, 0.3) is 11.8 Å². The molecule has 0 saturated heterocycles. The van der Waals surface area contributed by atoms with E-state index in [9.17, 15) is 18.8 Å². The van der Waals surface area contributed by atoms with Crippen molar-refractivity contribution in [3.63, 3.8) is 0 Å². The van der Waals surface area contributed by atoms with E-state index in [-0.39, 0.29) is 27.6 Å². The van der Waals surface area contributed by atoms with Crippen LogP contribution in [0.5, 0.6) is 5.75 Å². The van der Waals surface area contributed by atoms with Gasteiger partial charge in [-0.1, -0.05) is 17.7 Å². The molecule has 2 aromatic rings. The predicted molar refractivity (Wildman–Crippen MR) is 101 cm³/mol. The Morgan fingerprint density at radius 3 is 2.46 bits per heavy atom. The average Bonchev–Trinajstić information content (AvgIpc) is 2.66. The van der Waals surface area contributed by atoms with E-state index in [1.165, 1.54) is 33.3 Å². The fourth-order valence-corrected chi connectivity index (χ4v) is 2.65. The second-order valence-electron chi connectivity index (χ2n) is 5.72. The van der Waals surface area contributed by atoms with Crippen molar-refractivity contribution in [3.05, 3.63) is 58.4 Å². The number of anilines is 1. The number of ether oxygens (including phenoxy) is 2. The lowest BCUT2D eigenvalue weighted by Crippen LogP contribution is -2.39. The Hall–Kier alpha value is -3.13. The molecule has 0 radical (unpaired) electrons. The Balaban J connectivity index is 2.24. The maximum absolute atomic E-state index is 13.9. The van der Waals surface area contributed by atoms with Crippen LogP contribution >= 0.6 is 11.6 Å². The largest absolute Gasteiger partial charge is 0.494 e. The third-order valence-electron chi connectivity index (χ3n) is 3.74. The first kappa shape index (κ1) is 21.2. The zero-order chi connectivity index (χ0) is 20.8. The van der Waals surface area contributed by atoms with E-state index in [0.717, 1.165) is 12.1 Å². The fourth-order valence-electron chi connectivity index (χ4n) is 2.40. The standard InChI is InChI=1S/C19H18ClFN2O5/c1-10(19(26)28-3)22-17(24)11-7-12(21)9-13(8-11)23-18(25)14-5-4-6-15(20)16(14)27-2/h4-10H,1-3H3,(H,22,24)(H,23,25)/t10-/m1/s1. The molecule has 0 unspecified atom stereocenters. The molecule has 9 heteroatoms. The van der Waals surface area contributed by atoms with Crippen molar-refractivity contribution in [2.75, 3.05) is 19.5 Å². The minimum absolute atomic E-state index is 0.0444. The highest BCUT2D eigenvalue weighted by Crippen LogP contribution is 2.29.